The molecule has 1 heterocycles. The van der Waals surface area contributed by atoms with Crippen molar-refractivity contribution in [3.8, 4) is 0 Å². The van der Waals surface area contributed by atoms with Crippen molar-refractivity contribution < 1.29 is 18.0 Å². The summed E-state index contributed by atoms with van der Waals surface area (Å²) in [6.07, 6.45) is -3.14. The van der Waals surface area contributed by atoms with Gasteiger partial charge in [0.1, 0.15) is 0 Å². The minimum atomic E-state index is -4.61. The summed E-state index contributed by atoms with van der Waals surface area (Å²) in [6.45, 7) is 0. The Balaban J connectivity index is 2.31. The molecule has 20 heavy (non-hydrogen) atoms. The summed E-state index contributed by atoms with van der Waals surface area (Å²) >= 11 is 1.17. The molecule has 0 saturated heterocycles. The molecule has 0 atom stereocenters. The smallest absolute Gasteiger partial charge is 0.324 e. The van der Waals surface area contributed by atoms with Crippen molar-refractivity contribution in [1.29, 1.82) is 0 Å². The van der Waals surface area contributed by atoms with Gasteiger partial charge in [0.2, 0.25) is 0 Å². The molecular formula is C11H9F3N4OS. The van der Waals surface area contributed by atoms with Gasteiger partial charge in [0.25, 0.3) is 5.91 Å². The van der Waals surface area contributed by atoms with Crippen LogP contribution < -0.4 is 16.6 Å². The van der Waals surface area contributed by atoms with Crippen molar-refractivity contribution in [3.63, 3.8) is 0 Å². The molecule has 1 aromatic carbocycles. The number of anilines is 2. The lowest BCUT2D eigenvalue weighted by atomic mass is 10.1. The van der Waals surface area contributed by atoms with Gasteiger partial charge in [-0.25, -0.2) is 4.98 Å². The predicted molar refractivity (Wildman–Crippen MR) is 69.3 cm³/mol. The van der Waals surface area contributed by atoms with Crippen LogP contribution in [0.2, 0.25) is 0 Å². The zero-order chi connectivity index (χ0) is 14.8. The van der Waals surface area contributed by atoms with Crippen LogP contribution in [0.1, 0.15) is 15.9 Å². The first kappa shape index (κ1) is 14.3. The average molecular weight is 302 g/mol. The maximum atomic E-state index is 12.8. The SMILES string of the molecule is NNc1ccc(C(=O)Nc2nccs2)cc1C(F)(F)F. The van der Waals surface area contributed by atoms with E-state index in [0.717, 1.165) is 12.1 Å². The first-order chi connectivity index (χ1) is 9.41. The highest BCUT2D eigenvalue weighted by atomic mass is 32.1. The standard InChI is InChI=1S/C11H9F3N4OS/c12-11(13,14)7-5-6(1-2-8(7)18-15)9(19)17-10-16-3-4-20-10/h1-5,18H,15H2,(H,16,17,19). The van der Waals surface area contributed by atoms with Gasteiger partial charge < -0.3 is 5.43 Å². The summed E-state index contributed by atoms with van der Waals surface area (Å²) in [4.78, 5) is 15.6. The molecule has 2 aromatic rings. The van der Waals surface area contributed by atoms with Gasteiger partial charge in [0.15, 0.2) is 5.13 Å². The number of halogens is 3. The summed E-state index contributed by atoms with van der Waals surface area (Å²) in [7, 11) is 0. The van der Waals surface area contributed by atoms with Gasteiger partial charge in [-0.2, -0.15) is 13.2 Å². The highest BCUT2D eigenvalue weighted by Gasteiger charge is 2.34. The second-order valence-electron chi connectivity index (χ2n) is 3.69. The molecule has 106 valence electrons. The quantitative estimate of drug-likeness (QED) is 0.601. The molecule has 0 aliphatic rings. The highest BCUT2D eigenvalue weighted by molar-refractivity contribution is 7.13. The fourth-order valence-electron chi connectivity index (χ4n) is 1.50. The Hall–Kier alpha value is -2.13. The Morgan fingerprint density at radius 1 is 1.35 bits per heavy atom. The molecule has 5 nitrogen and oxygen atoms in total. The lowest BCUT2D eigenvalue weighted by Crippen LogP contribution is -2.17. The number of nitrogens with two attached hydrogens (primary N) is 1. The fraction of sp³-hybridized carbons (Fsp3) is 0.0909. The van der Waals surface area contributed by atoms with E-state index in [-0.39, 0.29) is 11.3 Å². The van der Waals surface area contributed by atoms with Gasteiger partial charge in [-0.1, -0.05) is 0 Å². The molecule has 0 spiro atoms. The van der Waals surface area contributed by atoms with Crippen molar-refractivity contribution >= 4 is 28.1 Å². The van der Waals surface area contributed by atoms with E-state index in [2.05, 4.69) is 10.3 Å². The Bertz CT molecular complexity index is 613. The third kappa shape index (κ3) is 3.06. The van der Waals surface area contributed by atoms with Crippen LogP contribution in [0.5, 0.6) is 0 Å². The summed E-state index contributed by atoms with van der Waals surface area (Å²) in [5, 5.41) is 4.35. The normalized spacial score (nSPS) is 11.2. The fourth-order valence-corrected chi connectivity index (χ4v) is 2.02. The van der Waals surface area contributed by atoms with E-state index in [9.17, 15) is 18.0 Å². The van der Waals surface area contributed by atoms with E-state index in [0.29, 0.717) is 5.13 Å². The first-order valence-corrected chi connectivity index (χ1v) is 6.18. The molecule has 0 radical (unpaired) electrons. The maximum absolute atomic E-state index is 12.8. The number of aromatic nitrogens is 1. The van der Waals surface area contributed by atoms with Gasteiger partial charge >= 0.3 is 6.18 Å². The number of hydrazine groups is 1. The molecule has 0 fully saturated rings. The Morgan fingerprint density at radius 3 is 2.65 bits per heavy atom. The number of carbonyl (C=O) groups excluding carboxylic acids is 1. The zero-order valence-electron chi connectivity index (χ0n) is 9.86. The number of nitrogens with one attached hydrogen (secondary N) is 2. The second kappa shape index (κ2) is 5.47. The largest absolute Gasteiger partial charge is 0.418 e. The topological polar surface area (TPSA) is 80.0 Å². The van der Waals surface area contributed by atoms with E-state index in [1.54, 1.807) is 5.38 Å². The predicted octanol–water partition coefficient (Wildman–Crippen LogP) is 2.70. The van der Waals surface area contributed by atoms with E-state index in [4.69, 9.17) is 5.84 Å². The Kier molecular flexibility index (Phi) is 3.91. The van der Waals surface area contributed by atoms with Crippen molar-refractivity contribution in [2.45, 2.75) is 6.18 Å². The maximum Gasteiger partial charge on any atom is 0.418 e. The molecule has 0 saturated carbocycles. The van der Waals surface area contributed by atoms with Crippen molar-refractivity contribution in [3.05, 3.63) is 40.9 Å². The zero-order valence-corrected chi connectivity index (χ0v) is 10.7. The third-order valence-corrected chi connectivity index (χ3v) is 3.08. The molecular weight excluding hydrogens is 293 g/mol. The van der Waals surface area contributed by atoms with Gasteiger partial charge in [-0.3, -0.25) is 16.0 Å². The summed E-state index contributed by atoms with van der Waals surface area (Å²) in [5.41, 5.74) is 0.509. The average Bonchev–Trinajstić information content (AvgIpc) is 2.89. The van der Waals surface area contributed by atoms with E-state index in [1.807, 2.05) is 5.43 Å². The van der Waals surface area contributed by atoms with E-state index < -0.39 is 17.6 Å². The van der Waals surface area contributed by atoms with Crippen LogP contribution in [-0.4, -0.2) is 10.9 Å². The van der Waals surface area contributed by atoms with Crippen molar-refractivity contribution in [1.82, 2.24) is 4.98 Å². The molecule has 2 rings (SSSR count). The molecule has 1 amide bonds. The molecule has 4 N–H and O–H groups in total. The van der Waals surface area contributed by atoms with Gasteiger partial charge in [-0.15, -0.1) is 11.3 Å². The van der Waals surface area contributed by atoms with Crippen LogP contribution in [0, 0.1) is 0 Å². The number of carbonyl (C=O) groups is 1. The second-order valence-corrected chi connectivity index (χ2v) is 4.59. The highest BCUT2D eigenvalue weighted by Crippen LogP contribution is 2.35. The lowest BCUT2D eigenvalue weighted by Gasteiger charge is -2.13. The lowest BCUT2D eigenvalue weighted by molar-refractivity contribution is -0.137. The van der Waals surface area contributed by atoms with Crippen LogP contribution >= 0.6 is 11.3 Å². The molecule has 1 aromatic heterocycles. The summed E-state index contributed by atoms with van der Waals surface area (Å²) in [5.74, 6) is 4.35. The third-order valence-electron chi connectivity index (χ3n) is 2.40. The number of benzene rings is 1. The van der Waals surface area contributed by atoms with Crippen LogP contribution in [0.4, 0.5) is 24.0 Å². The summed E-state index contributed by atoms with van der Waals surface area (Å²) in [6, 6.07) is 3.07. The Labute approximate surface area is 115 Å². The number of nitrogen functional groups attached to an aromatic ring is 1. The number of thiazole rings is 1. The molecule has 0 aliphatic carbocycles. The first-order valence-electron chi connectivity index (χ1n) is 5.30. The molecule has 0 unspecified atom stereocenters. The molecule has 0 bridgehead atoms. The number of amides is 1. The van der Waals surface area contributed by atoms with Crippen LogP contribution in [0.15, 0.2) is 29.8 Å². The van der Waals surface area contributed by atoms with E-state index in [1.165, 1.54) is 23.6 Å². The van der Waals surface area contributed by atoms with Gasteiger partial charge in [0, 0.05) is 17.1 Å². The van der Waals surface area contributed by atoms with E-state index >= 15 is 0 Å². The number of alkyl halides is 3. The number of nitrogens with zero attached hydrogens (tertiary/aromatic N) is 1. The summed E-state index contributed by atoms with van der Waals surface area (Å²) < 4.78 is 38.5. The Morgan fingerprint density at radius 2 is 2.10 bits per heavy atom. The minimum absolute atomic E-state index is 0.133. The van der Waals surface area contributed by atoms with Crippen LogP contribution in [-0.2, 0) is 6.18 Å². The number of hydrogen-bond acceptors (Lipinski definition) is 5. The van der Waals surface area contributed by atoms with Crippen LogP contribution in [0.25, 0.3) is 0 Å². The van der Waals surface area contributed by atoms with Gasteiger partial charge in [0.05, 0.1) is 11.3 Å². The van der Waals surface area contributed by atoms with Crippen LogP contribution in [0.3, 0.4) is 0 Å². The minimum Gasteiger partial charge on any atom is -0.324 e. The molecule has 0 aliphatic heterocycles. The monoisotopic (exact) mass is 302 g/mol. The van der Waals surface area contributed by atoms with Crippen molar-refractivity contribution in [2.24, 2.45) is 5.84 Å². The number of hydrogen-bond donors (Lipinski definition) is 3. The van der Waals surface area contributed by atoms with Crippen molar-refractivity contribution in [2.75, 3.05) is 10.7 Å². The molecule has 9 heteroatoms. The van der Waals surface area contributed by atoms with Gasteiger partial charge in [-0.05, 0) is 18.2 Å². The number of rotatable bonds is 3.